The van der Waals surface area contributed by atoms with E-state index in [2.05, 4.69) is 5.32 Å². The van der Waals surface area contributed by atoms with E-state index in [1.165, 1.54) is 0 Å². The Morgan fingerprint density at radius 2 is 2.10 bits per heavy atom. The molecular formula is C14H18N2O3S. The van der Waals surface area contributed by atoms with Gasteiger partial charge in [-0.2, -0.15) is 0 Å². The van der Waals surface area contributed by atoms with Crippen LogP contribution in [-0.2, 0) is 21.1 Å². The van der Waals surface area contributed by atoms with Gasteiger partial charge < -0.3 is 10.2 Å². The third-order valence-electron chi connectivity index (χ3n) is 4.17. The molecule has 1 aromatic rings. The largest absolute Gasteiger partial charge is 0.373 e. The summed E-state index contributed by atoms with van der Waals surface area (Å²) < 4.78 is 23.0. The summed E-state index contributed by atoms with van der Waals surface area (Å²) in [5, 5.41) is 3.22. The van der Waals surface area contributed by atoms with Gasteiger partial charge in [0.25, 0.3) is 0 Å². The van der Waals surface area contributed by atoms with Gasteiger partial charge >= 0.3 is 0 Å². The van der Waals surface area contributed by atoms with Crippen LogP contribution in [0, 0.1) is 0 Å². The monoisotopic (exact) mass is 294 g/mol. The number of rotatable bonds is 2. The van der Waals surface area contributed by atoms with Crippen LogP contribution in [0.5, 0.6) is 0 Å². The Balaban J connectivity index is 1.69. The molecule has 1 amide bonds. The second-order valence-corrected chi connectivity index (χ2v) is 7.79. The quantitative estimate of drug-likeness (QED) is 0.870. The molecule has 1 aromatic carbocycles. The summed E-state index contributed by atoms with van der Waals surface area (Å²) in [5.41, 5.74) is 2.14. The maximum Gasteiger partial charge on any atom is 0.245 e. The number of hydrogen-bond acceptors (Lipinski definition) is 4. The van der Waals surface area contributed by atoms with Crippen LogP contribution in [-0.4, -0.2) is 49.9 Å². The summed E-state index contributed by atoms with van der Waals surface area (Å²) in [5.74, 6) is 0.256. The lowest BCUT2D eigenvalue weighted by molar-refractivity contribution is -0.132. The number of fused-ring (bicyclic) bond motifs is 1. The molecule has 0 radical (unpaired) electrons. The van der Waals surface area contributed by atoms with Crippen LogP contribution >= 0.6 is 0 Å². The number of anilines is 1. The van der Waals surface area contributed by atoms with Gasteiger partial charge in [-0.15, -0.1) is 0 Å². The summed E-state index contributed by atoms with van der Waals surface area (Å²) in [7, 11) is -1.26. The Kier molecular flexibility index (Phi) is 3.20. The zero-order valence-electron chi connectivity index (χ0n) is 11.4. The molecule has 0 aromatic heterocycles. The van der Waals surface area contributed by atoms with Gasteiger partial charge in [-0.25, -0.2) is 8.42 Å². The first-order chi connectivity index (χ1) is 9.46. The first-order valence-corrected chi connectivity index (χ1v) is 8.60. The number of carbonyl (C=O) groups excluding carboxylic acids is 1. The lowest BCUT2D eigenvalue weighted by Gasteiger charge is -2.26. The van der Waals surface area contributed by atoms with E-state index >= 15 is 0 Å². The van der Waals surface area contributed by atoms with Crippen molar-refractivity contribution in [2.45, 2.75) is 24.9 Å². The van der Waals surface area contributed by atoms with Crippen LogP contribution in [0.15, 0.2) is 24.3 Å². The maximum absolute atomic E-state index is 12.5. The average Bonchev–Trinajstić information content (AvgIpc) is 3.00. The van der Waals surface area contributed by atoms with E-state index in [0.717, 1.165) is 11.3 Å². The van der Waals surface area contributed by atoms with E-state index < -0.39 is 9.84 Å². The molecule has 2 aliphatic heterocycles. The predicted molar refractivity (Wildman–Crippen MR) is 77.4 cm³/mol. The number of nitrogens with one attached hydrogen (secondary N) is 1. The second-order valence-electron chi connectivity index (χ2n) is 5.56. The van der Waals surface area contributed by atoms with E-state index in [1.807, 2.05) is 24.3 Å². The number of para-hydroxylation sites is 1. The van der Waals surface area contributed by atoms with Crippen LogP contribution in [0.2, 0.25) is 0 Å². The van der Waals surface area contributed by atoms with Gasteiger partial charge in [-0.1, -0.05) is 18.2 Å². The van der Waals surface area contributed by atoms with E-state index in [0.29, 0.717) is 12.8 Å². The van der Waals surface area contributed by atoms with Gasteiger partial charge in [-0.05, 0) is 18.1 Å². The van der Waals surface area contributed by atoms with Crippen LogP contribution in [0.1, 0.15) is 12.0 Å². The number of nitrogens with zero attached hydrogens (tertiary/aromatic N) is 1. The number of amides is 1. The first-order valence-electron chi connectivity index (χ1n) is 6.78. The molecule has 1 saturated heterocycles. The molecule has 2 heterocycles. The Morgan fingerprint density at radius 1 is 1.35 bits per heavy atom. The highest BCUT2D eigenvalue weighted by atomic mass is 32.2. The van der Waals surface area contributed by atoms with Crippen molar-refractivity contribution in [3.05, 3.63) is 29.8 Å². The molecule has 1 N–H and O–H groups in total. The molecule has 0 spiro atoms. The van der Waals surface area contributed by atoms with Crippen molar-refractivity contribution in [1.29, 1.82) is 0 Å². The smallest absolute Gasteiger partial charge is 0.245 e. The lowest BCUT2D eigenvalue weighted by atomic mass is 10.1. The van der Waals surface area contributed by atoms with Crippen LogP contribution in [0.4, 0.5) is 5.69 Å². The summed E-state index contributed by atoms with van der Waals surface area (Å²) in [6.45, 7) is 0. The number of benzene rings is 1. The average molecular weight is 294 g/mol. The normalized spacial score (nSPS) is 26.9. The second kappa shape index (κ2) is 4.77. The zero-order chi connectivity index (χ0) is 14.3. The Hall–Kier alpha value is -1.56. The molecule has 0 saturated carbocycles. The highest BCUT2D eigenvalue weighted by Gasteiger charge is 2.36. The molecule has 1 fully saturated rings. The number of likely N-dealkylation sites (N-methyl/N-ethyl adjacent to an activating group) is 1. The Labute approximate surface area is 118 Å². The topological polar surface area (TPSA) is 66.5 Å². The van der Waals surface area contributed by atoms with E-state index in [4.69, 9.17) is 0 Å². The van der Waals surface area contributed by atoms with E-state index in [1.54, 1.807) is 11.9 Å². The summed E-state index contributed by atoms with van der Waals surface area (Å²) in [6.07, 6.45) is 1.21. The van der Waals surface area contributed by atoms with Crippen molar-refractivity contribution in [3.8, 4) is 0 Å². The zero-order valence-corrected chi connectivity index (χ0v) is 12.2. The van der Waals surface area contributed by atoms with Gasteiger partial charge in [0.2, 0.25) is 5.91 Å². The van der Waals surface area contributed by atoms with Crippen LogP contribution < -0.4 is 5.32 Å². The highest BCUT2D eigenvalue weighted by molar-refractivity contribution is 7.91. The van der Waals surface area contributed by atoms with Crippen LogP contribution in [0.3, 0.4) is 0 Å². The summed E-state index contributed by atoms with van der Waals surface area (Å²) in [6, 6.07) is 7.41. The molecule has 5 nitrogen and oxygen atoms in total. The molecule has 6 heteroatoms. The molecule has 0 bridgehead atoms. The molecule has 2 aliphatic rings. The minimum Gasteiger partial charge on any atom is -0.373 e. The minimum atomic E-state index is -2.97. The first kappa shape index (κ1) is 13.4. The molecule has 2 unspecified atom stereocenters. The van der Waals surface area contributed by atoms with Gasteiger partial charge in [0, 0.05) is 25.2 Å². The number of hydrogen-bond donors (Lipinski definition) is 1. The van der Waals surface area contributed by atoms with Crippen molar-refractivity contribution in [3.63, 3.8) is 0 Å². The number of carbonyl (C=O) groups is 1. The van der Waals surface area contributed by atoms with Crippen molar-refractivity contribution in [2.75, 3.05) is 23.9 Å². The van der Waals surface area contributed by atoms with Crippen LogP contribution in [0.25, 0.3) is 0 Å². The predicted octanol–water partition coefficient (Wildman–Crippen LogP) is 0.669. The highest BCUT2D eigenvalue weighted by Crippen LogP contribution is 2.27. The van der Waals surface area contributed by atoms with Crippen molar-refractivity contribution in [2.24, 2.45) is 0 Å². The van der Waals surface area contributed by atoms with Crippen molar-refractivity contribution in [1.82, 2.24) is 4.90 Å². The molecule has 2 atom stereocenters. The van der Waals surface area contributed by atoms with E-state index in [-0.39, 0.29) is 29.5 Å². The fourth-order valence-electron chi connectivity index (χ4n) is 2.95. The summed E-state index contributed by atoms with van der Waals surface area (Å²) in [4.78, 5) is 14.1. The maximum atomic E-state index is 12.5. The standard InChI is InChI=1S/C14H18N2O3S/c1-16(11-6-7-20(18,19)9-11)14(17)13-8-10-4-2-3-5-12(10)15-13/h2-5,11,13,15H,6-9H2,1H3. The van der Waals surface area contributed by atoms with Crippen molar-refractivity contribution >= 4 is 21.4 Å². The molecular weight excluding hydrogens is 276 g/mol. The lowest BCUT2D eigenvalue weighted by Crippen LogP contribution is -2.45. The Morgan fingerprint density at radius 3 is 2.75 bits per heavy atom. The molecule has 3 rings (SSSR count). The minimum absolute atomic E-state index is 0.0247. The molecule has 108 valence electrons. The number of sulfone groups is 1. The third kappa shape index (κ3) is 2.40. The van der Waals surface area contributed by atoms with Gasteiger partial charge in [0.05, 0.1) is 11.5 Å². The fourth-order valence-corrected chi connectivity index (χ4v) is 4.73. The third-order valence-corrected chi connectivity index (χ3v) is 5.92. The van der Waals surface area contributed by atoms with Gasteiger partial charge in [0.15, 0.2) is 9.84 Å². The SMILES string of the molecule is CN(C(=O)C1Cc2ccccc2N1)C1CCS(=O)(=O)C1. The van der Waals surface area contributed by atoms with Crippen molar-refractivity contribution < 1.29 is 13.2 Å². The van der Waals surface area contributed by atoms with Gasteiger partial charge in [0.1, 0.15) is 6.04 Å². The van der Waals surface area contributed by atoms with E-state index in [9.17, 15) is 13.2 Å². The molecule has 20 heavy (non-hydrogen) atoms. The summed E-state index contributed by atoms with van der Waals surface area (Å²) >= 11 is 0. The molecule has 0 aliphatic carbocycles. The Bertz CT molecular complexity index is 617. The van der Waals surface area contributed by atoms with Gasteiger partial charge in [-0.3, -0.25) is 4.79 Å². The fraction of sp³-hybridized carbons (Fsp3) is 0.500.